The number of guanidine groups is 1. The zero-order valence-corrected chi connectivity index (χ0v) is 17.5. The Morgan fingerprint density at radius 2 is 1.90 bits per heavy atom. The van der Waals surface area contributed by atoms with Crippen LogP contribution in [-0.4, -0.2) is 36.5 Å². The van der Waals surface area contributed by atoms with E-state index in [1.165, 1.54) is 11.1 Å². The van der Waals surface area contributed by atoms with E-state index < -0.39 is 0 Å². The largest absolute Gasteiger partial charge is 0.357 e. The molecule has 0 atom stereocenters. The molecule has 2 aromatic rings. The first-order valence-corrected chi connectivity index (χ1v) is 10.5. The van der Waals surface area contributed by atoms with Gasteiger partial charge in [0.05, 0.1) is 18.2 Å². The van der Waals surface area contributed by atoms with Gasteiger partial charge < -0.3 is 10.6 Å². The van der Waals surface area contributed by atoms with E-state index >= 15 is 0 Å². The molecule has 0 radical (unpaired) electrons. The van der Waals surface area contributed by atoms with Crippen molar-refractivity contribution in [2.75, 3.05) is 19.6 Å². The molecule has 29 heavy (non-hydrogen) atoms. The van der Waals surface area contributed by atoms with E-state index in [9.17, 15) is 0 Å². The van der Waals surface area contributed by atoms with Crippen LogP contribution in [0.25, 0.3) is 0 Å². The summed E-state index contributed by atoms with van der Waals surface area (Å²) < 4.78 is 0. The Morgan fingerprint density at radius 3 is 2.62 bits per heavy atom. The topological polar surface area (TPSA) is 63.5 Å². The number of aryl methyl sites for hydroxylation is 1. The van der Waals surface area contributed by atoms with Gasteiger partial charge in [-0.1, -0.05) is 42.0 Å². The van der Waals surface area contributed by atoms with E-state index in [-0.39, 0.29) is 0 Å². The van der Waals surface area contributed by atoms with Gasteiger partial charge in [-0.2, -0.15) is 5.26 Å². The number of piperidine rings is 1. The lowest BCUT2D eigenvalue weighted by Crippen LogP contribution is -2.48. The van der Waals surface area contributed by atoms with Gasteiger partial charge in [-0.25, -0.2) is 4.99 Å². The highest BCUT2D eigenvalue weighted by atomic mass is 15.2. The minimum absolute atomic E-state index is 0.437. The third-order valence-electron chi connectivity index (χ3n) is 5.24. The van der Waals surface area contributed by atoms with Gasteiger partial charge in [0.15, 0.2) is 5.96 Å². The average Bonchev–Trinajstić information content (AvgIpc) is 2.74. The molecule has 2 aromatic carbocycles. The quantitative estimate of drug-likeness (QED) is 0.585. The van der Waals surface area contributed by atoms with Gasteiger partial charge in [0, 0.05) is 32.2 Å². The Morgan fingerprint density at radius 1 is 1.14 bits per heavy atom. The van der Waals surface area contributed by atoms with Gasteiger partial charge in [0.1, 0.15) is 0 Å². The van der Waals surface area contributed by atoms with E-state index in [0.717, 1.165) is 50.5 Å². The van der Waals surface area contributed by atoms with Gasteiger partial charge in [0.25, 0.3) is 0 Å². The van der Waals surface area contributed by atoms with E-state index in [1.807, 2.05) is 24.3 Å². The SMILES string of the molecule is CCNC(=NCc1cccc(C#N)c1)NC1CCN(Cc2cccc(C)c2)CC1. The predicted molar refractivity (Wildman–Crippen MR) is 119 cm³/mol. The van der Waals surface area contributed by atoms with Crippen LogP contribution in [0.5, 0.6) is 0 Å². The van der Waals surface area contributed by atoms with Crippen LogP contribution >= 0.6 is 0 Å². The second kappa shape index (κ2) is 10.6. The summed E-state index contributed by atoms with van der Waals surface area (Å²) in [6.07, 6.45) is 2.22. The Labute approximate surface area is 174 Å². The van der Waals surface area contributed by atoms with Crippen molar-refractivity contribution in [3.63, 3.8) is 0 Å². The number of nitrogens with one attached hydrogen (secondary N) is 2. The first kappa shape index (κ1) is 20.9. The zero-order valence-electron chi connectivity index (χ0n) is 17.5. The van der Waals surface area contributed by atoms with Crippen LogP contribution in [-0.2, 0) is 13.1 Å². The standard InChI is InChI=1S/C24H31N5/c1-3-26-24(27-17-21-8-5-7-20(15-21)16-25)28-23-10-12-29(13-11-23)18-22-9-4-6-19(2)14-22/h4-9,14-15,23H,3,10-13,17-18H2,1-2H3,(H2,26,27,28). The van der Waals surface area contributed by atoms with Crippen molar-refractivity contribution in [1.82, 2.24) is 15.5 Å². The first-order valence-electron chi connectivity index (χ1n) is 10.5. The van der Waals surface area contributed by atoms with Crippen molar-refractivity contribution in [2.45, 2.75) is 45.8 Å². The number of hydrogen-bond acceptors (Lipinski definition) is 3. The lowest BCUT2D eigenvalue weighted by atomic mass is 10.0. The molecule has 5 heteroatoms. The molecule has 1 fully saturated rings. The number of nitriles is 1. The lowest BCUT2D eigenvalue weighted by molar-refractivity contribution is 0.198. The van der Waals surface area contributed by atoms with Crippen LogP contribution in [0.1, 0.15) is 42.0 Å². The van der Waals surface area contributed by atoms with Crippen molar-refractivity contribution >= 4 is 5.96 Å². The average molecular weight is 390 g/mol. The Balaban J connectivity index is 1.51. The Kier molecular flexibility index (Phi) is 7.66. The first-order chi connectivity index (χ1) is 14.2. The summed E-state index contributed by atoms with van der Waals surface area (Å²) in [6.45, 7) is 8.84. The van der Waals surface area contributed by atoms with Gasteiger partial charge in [-0.15, -0.1) is 0 Å². The maximum absolute atomic E-state index is 9.05. The maximum Gasteiger partial charge on any atom is 0.191 e. The van der Waals surface area contributed by atoms with E-state index in [4.69, 9.17) is 10.3 Å². The third-order valence-corrected chi connectivity index (χ3v) is 5.24. The fraction of sp³-hybridized carbons (Fsp3) is 0.417. The summed E-state index contributed by atoms with van der Waals surface area (Å²) in [7, 11) is 0. The number of nitrogens with zero attached hydrogens (tertiary/aromatic N) is 3. The number of benzene rings is 2. The number of likely N-dealkylation sites (tertiary alicyclic amines) is 1. The van der Waals surface area contributed by atoms with Crippen LogP contribution in [0, 0.1) is 18.3 Å². The molecule has 1 aliphatic rings. The van der Waals surface area contributed by atoms with Crippen LogP contribution in [0.3, 0.4) is 0 Å². The molecule has 0 aliphatic carbocycles. The van der Waals surface area contributed by atoms with Gasteiger partial charge in [0.2, 0.25) is 0 Å². The molecule has 0 amide bonds. The van der Waals surface area contributed by atoms with Crippen molar-refractivity contribution in [3.8, 4) is 6.07 Å². The van der Waals surface area contributed by atoms with Crippen molar-refractivity contribution in [2.24, 2.45) is 4.99 Å². The van der Waals surface area contributed by atoms with Crippen LogP contribution < -0.4 is 10.6 Å². The molecule has 1 heterocycles. The van der Waals surface area contributed by atoms with Crippen molar-refractivity contribution < 1.29 is 0 Å². The lowest BCUT2D eigenvalue weighted by Gasteiger charge is -2.33. The second-order valence-electron chi connectivity index (χ2n) is 7.69. The molecule has 0 saturated carbocycles. The molecule has 152 valence electrons. The smallest absolute Gasteiger partial charge is 0.191 e. The summed E-state index contributed by atoms with van der Waals surface area (Å²) in [5.41, 5.74) is 4.45. The molecule has 0 aromatic heterocycles. The fourth-order valence-corrected chi connectivity index (χ4v) is 3.73. The summed E-state index contributed by atoms with van der Waals surface area (Å²) in [4.78, 5) is 7.25. The van der Waals surface area contributed by atoms with Crippen molar-refractivity contribution in [3.05, 3.63) is 70.8 Å². The minimum Gasteiger partial charge on any atom is -0.357 e. The third kappa shape index (κ3) is 6.62. The summed E-state index contributed by atoms with van der Waals surface area (Å²) >= 11 is 0. The monoisotopic (exact) mass is 389 g/mol. The summed E-state index contributed by atoms with van der Waals surface area (Å²) in [6, 6.07) is 19.1. The van der Waals surface area contributed by atoms with E-state index in [2.05, 4.69) is 59.7 Å². The van der Waals surface area contributed by atoms with Gasteiger partial charge >= 0.3 is 0 Å². The van der Waals surface area contributed by atoms with Gasteiger partial charge in [-0.05, 0) is 49.9 Å². The molecular formula is C24H31N5. The number of rotatable bonds is 6. The summed E-state index contributed by atoms with van der Waals surface area (Å²) in [5.74, 6) is 0.854. The highest BCUT2D eigenvalue weighted by molar-refractivity contribution is 5.80. The molecule has 2 N–H and O–H groups in total. The molecule has 5 nitrogen and oxygen atoms in total. The molecule has 0 bridgehead atoms. The number of hydrogen-bond donors (Lipinski definition) is 2. The van der Waals surface area contributed by atoms with Crippen LogP contribution in [0.2, 0.25) is 0 Å². The normalized spacial score (nSPS) is 15.7. The molecule has 3 rings (SSSR count). The van der Waals surface area contributed by atoms with Crippen LogP contribution in [0.15, 0.2) is 53.5 Å². The molecule has 0 spiro atoms. The van der Waals surface area contributed by atoms with E-state index in [0.29, 0.717) is 18.2 Å². The highest BCUT2D eigenvalue weighted by Crippen LogP contribution is 2.15. The highest BCUT2D eigenvalue weighted by Gasteiger charge is 2.20. The Hall–Kier alpha value is -2.84. The number of aliphatic imine (C=N–C) groups is 1. The predicted octanol–water partition coefficient (Wildman–Crippen LogP) is 3.59. The molecule has 0 unspecified atom stereocenters. The van der Waals surface area contributed by atoms with Crippen molar-refractivity contribution in [1.29, 1.82) is 5.26 Å². The van der Waals surface area contributed by atoms with E-state index in [1.54, 1.807) is 0 Å². The van der Waals surface area contributed by atoms with Gasteiger partial charge in [-0.3, -0.25) is 4.90 Å². The summed E-state index contributed by atoms with van der Waals surface area (Å²) in [5, 5.41) is 16.0. The molecule has 1 aliphatic heterocycles. The molecular weight excluding hydrogens is 358 g/mol. The zero-order chi connectivity index (χ0) is 20.5. The maximum atomic E-state index is 9.05. The molecule has 1 saturated heterocycles. The minimum atomic E-state index is 0.437. The fourth-order valence-electron chi connectivity index (χ4n) is 3.73. The Bertz CT molecular complexity index is 860. The van der Waals surface area contributed by atoms with Crippen LogP contribution in [0.4, 0.5) is 0 Å². The second-order valence-corrected chi connectivity index (χ2v) is 7.69.